The Morgan fingerprint density at radius 2 is 1.97 bits per heavy atom. The lowest BCUT2D eigenvalue weighted by atomic mass is 9.95. The average Bonchev–Trinajstić information content (AvgIpc) is 2.83. The highest BCUT2D eigenvalue weighted by molar-refractivity contribution is 6.08. The lowest BCUT2D eigenvalue weighted by molar-refractivity contribution is 0.0695. The number of likely N-dealkylation sites (tertiary alicyclic amines) is 1. The van der Waals surface area contributed by atoms with Crippen LogP contribution in [0.5, 0.6) is 0 Å². The Labute approximate surface area is 182 Å². The summed E-state index contributed by atoms with van der Waals surface area (Å²) in [6.07, 6.45) is 5.66. The Morgan fingerprint density at radius 3 is 2.61 bits per heavy atom. The van der Waals surface area contributed by atoms with Gasteiger partial charge in [0.05, 0.1) is 11.6 Å². The summed E-state index contributed by atoms with van der Waals surface area (Å²) in [5.74, 6) is 0.397. The van der Waals surface area contributed by atoms with Crippen molar-refractivity contribution in [1.29, 1.82) is 16.1 Å². The van der Waals surface area contributed by atoms with E-state index in [4.69, 9.17) is 21.8 Å². The van der Waals surface area contributed by atoms with E-state index in [0.717, 1.165) is 36.2 Å². The summed E-state index contributed by atoms with van der Waals surface area (Å²) in [5.41, 5.74) is 9.62. The standard InChI is InChI=1S/C24H26N6O/c25-12-18-2-1-3-20(10-18)24(31)30-8-6-17(7-9-30)16-29-23-5-4-19(11-21(23)13-26)22(14-27)15-28/h1-5,10-11,13-15,17,26-27,29H,6-9,16,28H2/b22-15+,26-13?,27-14?. The van der Waals surface area contributed by atoms with Crippen LogP contribution in [0.1, 0.15) is 39.9 Å². The summed E-state index contributed by atoms with van der Waals surface area (Å²) in [4.78, 5) is 14.6. The number of rotatable bonds is 7. The van der Waals surface area contributed by atoms with E-state index >= 15 is 0 Å². The third-order valence-corrected chi connectivity index (χ3v) is 5.60. The maximum atomic E-state index is 12.7. The molecule has 0 saturated carbocycles. The summed E-state index contributed by atoms with van der Waals surface area (Å²) in [6.45, 7) is 2.13. The smallest absolute Gasteiger partial charge is 0.253 e. The molecule has 3 rings (SSSR count). The minimum atomic E-state index is -0.0276. The van der Waals surface area contributed by atoms with Gasteiger partial charge in [-0.1, -0.05) is 12.1 Å². The first kappa shape index (κ1) is 21.8. The highest BCUT2D eigenvalue weighted by Gasteiger charge is 2.24. The van der Waals surface area contributed by atoms with Gasteiger partial charge in [-0.15, -0.1) is 0 Å². The van der Waals surface area contributed by atoms with Gasteiger partial charge in [-0.2, -0.15) is 5.26 Å². The van der Waals surface area contributed by atoms with Crippen LogP contribution in [0.4, 0.5) is 5.69 Å². The number of benzene rings is 2. The number of nitrogens with zero attached hydrogens (tertiary/aromatic N) is 2. The monoisotopic (exact) mass is 414 g/mol. The SMILES string of the molecule is N#Cc1cccc(C(=O)N2CCC(CNc3ccc(/C(C=N)=C/N)cc3C=N)CC2)c1. The molecular formula is C24H26N6O. The average molecular weight is 415 g/mol. The van der Waals surface area contributed by atoms with Crippen LogP contribution < -0.4 is 11.1 Å². The lowest BCUT2D eigenvalue weighted by Crippen LogP contribution is -2.40. The van der Waals surface area contributed by atoms with E-state index < -0.39 is 0 Å². The van der Waals surface area contributed by atoms with Gasteiger partial charge in [-0.3, -0.25) is 4.79 Å². The molecule has 0 bridgehead atoms. The Hall–Kier alpha value is -3.92. The van der Waals surface area contributed by atoms with E-state index in [2.05, 4.69) is 11.4 Å². The van der Waals surface area contributed by atoms with E-state index in [1.54, 1.807) is 24.3 Å². The fraction of sp³-hybridized carbons (Fsp3) is 0.250. The van der Waals surface area contributed by atoms with E-state index in [0.29, 0.717) is 35.7 Å². The summed E-state index contributed by atoms with van der Waals surface area (Å²) >= 11 is 0. The van der Waals surface area contributed by atoms with Crippen LogP contribution in [-0.2, 0) is 0 Å². The number of allylic oxidation sites excluding steroid dienone is 1. The minimum absolute atomic E-state index is 0.0276. The Kier molecular flexibility index (Phi) is 7.17. The number of nitrogens with two attached hydrogens (primary N) is 1. The Morgan fingerprint density at radius 1 is 1.19 bits per heavy atom. The molecule has 5 N–H and O–H groups in total. The van der Waals surface area contributed by atoms with E-state index in [1.165, 1.54) is 18.6 Å². The molecule has 0 aliphatic carbocycles. The van der Waals surface area contributed by atoms with Gasteiger partial charge in [0, 0.05) is 60.7 Å². The number of anilines is 1. The minimum Gasteiger partial charge on any atom is -0.404 e. The van der Waals surface area contributed by atoms with Crippen molar-refractivity contribution in [3.8, 4) is 6.07 Å². The van der Waals surface area contributed by atoms with Crippen LogP contribution in [0.15, 0.2) is 48.7 Å². The van der Waals surface area contributed by atoms with Crippen LogP contribution in [-0.4, -0.2) is 42.9 Å². The summed E-state index contributed by atoms with van der Waals surface area (Å²) in [5, 5.41) is 27.6. The maximum Gasteiger partial charge on any atom is 0.253 e. The molecule has 158 valence electrons. The summed E-state index contributed by atoms with van der Waals surface area (Å²) in [7, 11) is 0. The zero-order valence-corrected chi connectivity index (χ0v) is 17.3. The van der Waals surface area contributed by atoms with Crippen molar-refractivity contribution in [3.63, 3.8) is 0 Å². The van der Waals surface area contributed by atoms with Crippen LogP contribution in [0.25, 0.3) is 5.57 Å². The van der Waals surface area contributed by atoms with Crippen LogP contribution >= 0.6 is 0 Å². The molecule has 2 aromatic rings. The lowest BCUT2D eigenvalue weighted by Gasteiger charge is -2.32. The van der Waals surface area contributed by atoms with Gasteiger partial charge in [0.25, 0.3) is 5.91 Å². The molecule has 31 heavy (non-hydrogen) atoms. The molecular weight excluding hydrogens is 388 g/mol. The van der Waals surface area contributed by atoms with Gasteiger partial charge in [0.2, 0.25) is 0 Å². The molecule has 1 fully saturated rings. The molecule has 1 aliphatic heterocycles. The van der Waals surface area contributed by atoms with Crippen molar-refractivity contribution in [3.05, 3.63) is 70.9 Å². The van der Waals surface area contributed by atoms with Crippen molar-refractivity contribution >= 4 is 29.6 Å². The summed E-state index contributed by atoms with van der Waals surface area (Å²) < 4.78 is 0. The van der Waals surface area contributed by atoms with Crippen molar-refractivity contribution < 1.29 is 4.79 Å². The fourth-order valence-electron chi connectivity index (χ4n) is 3.75. The van der Waals surface area contributed by atoms with Crippen LogP contribution in [0, 0.1) is 28.1 Å². The second-order valence-corrected chi connectivity index (χ2v) is 7.52. The molecule has 1 aliphatic rings. The first-order chi connectivity index (χ1) is 15.1. The van der Waals surface area contributed by atoms with E-state index in [1.807, 2.05) is 23.1 Å². The Balaban J connectivity index is 1.57. The number of nitriles is 1. The van der Waals surface area contributed by atoms with Gasteiger partial charge in [-0.05, 0) is 54.7 Å². The number of nitrogens with one attached hydrogen (secondary N) is 3. The summed E-state index contributed by atoms with van der Waals surface area (Å²) in [6, 6.07) is 14.5. The van der Waals surface area contributed by atoms with Gasteiger partial charge < -0.3 is 26.8 Å². The van der Waals surface area contributed by atoms with Crippen molar-refractivity contribution in [2.75, 3.05) is 25.0 Å². The molecule has 1 heterocycles. The van der Waals surface area contributed by atoms with Crippen molar-refractivity contribution in [1.82, 2.24) is 4.90 Å². The van der Waals surface area contributed by atoms with E-state index in [-0.39, 0.29) is 5.91 Å². The zero-order valence-electron chi connectivity index (χ0n) is 17.3. The molecule has 1 amide bonds. The van der Waals surface area contributed by atoms with Gasteiger partial charge in [0.1, 0.15) is 0 Å². The second-order valence-electron chi connectivity index (χ2n) is 7.52. The fourth-order valence-corrected chi connectivity index (χ4v) is 3.75. The topological polar surface area (TPSA) is 130 Å². The van der Waals surface area contributed by atoms with Crippen molar-refractivity contribution in [2.24, 2.45) is 11.7 Å². The number of carbonyl (C=O) groups is 1. The predicted octanol–water partition coefficient (Wildman–Crippen LogP) is 3.47. The molecule has 7 heteroatoms. The third-order valence-electron chi connectivity index (χ3n) is 5.60. The second kappa shape index (κ2) is 10.2. The normalized spacial score (nSPS) is 14.5. The predicted molar refractivity (Wildman–Crippen MR) is 124 cm³/mol. The molecule has 2 aromatic carbocycles. The molecule has 7 nitrogen and oxygen atoms in total. The van der Waals surface area contributed by atoms with Crippen molar-refractivity contribution in [2.45, 2.75) is 12.8 Å². The highest BCUT2D eigenvalue weighted by Crippen LogP contribution is 2.23. The quantitative estimate of drug-likeness (QED) is 0.517. The Bertz CT molecular complexity index is 1040. The number of hydrogen-bond donors (Lipinski definition) is 4. The molecule has 0 radical (unpaired) electrons. The van der Waals surface area contributed by atoms with Gasteiger partial charge in [-0.25, -0.2) is 0 Å². The molecule has 0 atom stereocenters. The number of carbonyl (C=O) groups excluding carboxylic acids is 1. The molecule has 0 spiro atoms. The highest BCUT2D eigenvalue weighted by atomic mass is 16.2. The third kappa shape index (κ3) is 5.17. The number of amides is 1. The maximum absolute atomic E-state index is 12.7. The first-order valence-electron chi connectivity index (χ1n) is 10.2. The number of hydrogen-bond acceptors (Lipinski definition) is 6. The number of piperidine rings is 1. The molecule has 1 saturated heterocycles. The van der Waals surface area contributed by atoms with Crippen LogP contribution in [0.3, 0.4) is 0 Å². The largest absolute Gasteiger partial charge is 0.404 e. The van der Waals surface area contributed by atoms with Gasteiger partial charge >= 0.3 is 0 Å². The van der Waals surface area contributed by atoms with Crippen LogP contribution in [0.2, 0.25) is 0 Å². The zero-order chi connectivity index (χ0) is 22.2. The molecule has 0 unspecified atom stereocenters. The molecule has 0 aromatic heterocycles. The first-order valence-corrected chi connectivity index (χ1v) is 10.2. The van der Waals surface area contributed by atoms with E-state index in [9.17, 15) is 4.79 Å². The van der Waals surface area contributed by atoms with Gasteiger partial charge in [0.15, 0.2) is 0 Å².